The number of hydrogen-bond donors (Lipinski definition) is 4. The monoisotopic (exact) mass is 610 g/mol. The molecule has 0 amide bonds. The molecule has 2 saturated carbocycles. The predicted molar refractivity (Wildman–Crippen MR) is 161 cm³/mol. The van der Waals surface area contributed by atoms with Gasteiger partial charge in [0.15, 0.2) is 5.78 Å². The van der Waals surface area contributed by atoms with E-state index < -0.39 is 76.3 Å². The van der Waals surface area contributed by atoms with Gasteiger partial charge in [0.05, 0.1) is 17.6 Å². The number of benzene rings is 1. The van der Waals surface area contributed by atoms with Crippen LogP contribution in [0.1, 0.15) is 83.0 Å². The Morgan fingerprint density at radius 1 is 1.05 bits per heavy atom. The van der Waals surface area contributed by atoms with E-state index in [2.05, 4.69) is 6.92 Å². The Morgan fingerprint density at radius 2 is 1.73 bits per heavy atom. The minimum atomic E-state index is -2.33. The topological polar surface area (TPSA) is 151 Å². The van der Waals surface area contributed by atoms with Crippen LogP contribution in [0.15, 0.2) is 53.6 Å². The van der Waals surface area contributed by atoms with E-state index in [1.165, 1.54) is 6.08 Å². The number of unbranched alkanes of at least 4 members (excludes halogenated alkanes) is 4. The van der Waals surface area contributed by atoms with Crippen LogP contribution in [0.3, 0.4) is 0 Å². The number of ketones is 1. The first-order valence-corrected chi connectivity index (χ1v) is 15.9. The van der Waals surface area contributed by atoms with Crippen molar-refractivity contribution in [2.24, 2.45) is 28.6 Å². The number of allylic oxidation sites excluding steroid dienone is 1. The van der Waals surface area contributed by atoms with Crippen molar-refractivity contribution in [2.45, 2.75) is 96.1 Å². The lowest BCUT2D eigenvalue weighted by molar-refractivity contribution is -0.192. The Kier molecular flexibility index (Phi) is 8.74. The van der Waals surface area contributed by atoms with E-state index >= 15 is 0 Å². The summed E-state index contributed by atoms with van der Waals surface area (Å²) < 4.78 is 12.2. The van der Waals surface area contributed by atoms with E-state index in [0.717, 1.165) is 25.7 Å². The number of ether oxygens (including phenoxy) is 2. The number of hydrogen-bond acceptors (Lipinski definition) is 9. The van der Waals surface area contributed by atoms with Crippen molar-refractivity contribution in [2.75, 3.05) is 13.2 Å². The Morgan fingerprint density at radius 3 is 2.39 bits per heavy atom. The van der Waals surface area contributed by atoms with E-state index in [4.69, 9.17) is 9.47 Å². The van der Waals surface area contributed by atoms with Gasteiger partial charge in [-0.05, 0) is 49.0 Å². The largest absolute Gasteiger partial charge is 0.461 e. The molecule has 1 aromatic rings. The Labute approximate surface area is 259 Å². The zero-order valence-electron chi connectivity index (χ0n) is 26.1. The fraction of sp³-hybridized carbons (Fsp3) is 0.629. The second-order valence-electron chi connectivity index (χ2n) is 13.6. The predicted octanol–water partition coefficient (Wildman–Crippen LogP) is 3.68. The van der Waals surface area contributed by atoms with Gasteiger partial charge in [-0.1, -0.05) is 76.8 Å². The molecule has 1 aromatic carbocycles. The molecule has 1 spiro atoms. The summed E-state index contributed by atoms with van der Waals surface area (Å²) in [6.07, 6.45) is 4.85. The molecule has 5 rings (SSSR count). The summed E-state index contributed by atoms with van der Waals surface area (Å²) in [5, 5.41) is 45.1. The minimum Gasteiger partial charge on any atom is -0.461 e. The van der Waals surface area contributed by atoms with Crippen LogP contribution in [0.2, 0.25) is 0 Å². The number of rotatable bonds is 11. The summed E-state index contributed by atoms with van der Waals surface area (Å²) in [4.78, 5) is 41.2. The molecule has 9 heteroatoms. The Bertz CT molecular complexity index is 1350. The van der Waals surface area contributed by atoms with Crippen molar-refractivity contribution >= 4 is 17.7 Å². The molecule has 9 atom stereocenters. The minimum absolute atomic E-state index is 0.00987. The number of aliphatic hydroxyl groups excluding tert-OH is 3. The number of fused-ring (bicyclic) bond motifs is 3. The van der Waals surface area contributed by atoms with Crippen LogP contribution in [0, 0.1) is 28.6 Å². The summed E-state index contributed by atoms with van der Waals surface area (Å²) in [7, 11) is 0. The fourth-order valence-corrected chi connectivity index (χ4v) is 8.75. The van der Waals surface area contributed by atoms with Gasteiger partial charge in [-0.25, -0.2) is 4.79 Å². The second-order valence-corrected chi connectivity index (χ2v) is 13.6. The SMILES string of the molecule is CCCCCCCC(=O)O[C@@]12C[C@@H](C)[C@]34C=C(C)[C@H](O)[C@@]3(O)[C@H](O)C(CO)=C[C@H](C4=O)[C@@H]1[C@]2(C)COC(=O)c1ccccc1. The molecule has 0 aliphatic heterocycles. The highest BCUT2D eigenvalue weighted by Gasteiger charge is 2.85. The lowest BCUT2D eigenvalue weighted by atomic mass is 9.59. The smallest absolute Gasteiger partial charge is 0.338 e. The van der Waals surface area contributed by atoms with Gasteiger partial charge in [0.25, 0.3) is 0 Å². The molecule has 4 N–H and O–H groups in total. The Hall–Kier alpha value is -2.85. The highest BCUT2D eigenvalue weighted by atomic mass is 16.6. The van der Waals surface area contributed by atoms with E-state index in [9.17, 15) is 34.8 Å². The molecular formula is C35H46O9. The average Bonchev–Trinajstić information content (AvgIpc) is 3.46. The van der Waals surface area contributed by atoms with E-state index in [1.54, 1.807) is 50.3 Å². The second kappa shape index (κ2) is 11.8. The fourth-order valence-electron chi connectivity index (χ4n) is 8.75. The number of aliphatic hydroxyl groups is 4. The molecule has 0 unspecified atom stereocenters. The van der Waals surface area contributed by atoms with Crippen LogP contribution in [-0.4, -0.2) is 74.8 Å². The average molecular weight is 611 g/mol. The number of carbonyl (C=O) groups is 3. The van der Waals surface area contributed by atoms with E-state index in [0.29, 0.717) is 17.6 Å². The highest BCUT2D eigenvalue weighted by Crippen LogP contribution is 2.75. The number of carbonyl (C=O) groups excluding carboxylic acids is 3. The first kappa shape index (κ1) is 32.5. The van der Waals surface area contributed by atoms with Gasteiger partial charge in [0, 0.05) is 23.7 Å². The molecule has 2 fully saturated rings. The van der Waals surface area contributed by atoms with Crippen LogP contribution >= 0.6 is 0 Å². The number of esters is 2. The molecule has 4 aliphatic rings. The summed E-state index contributed by atoms with van der Waals surface area (Å²) in [5.41, 5.74) is -5.52. The van der Waals surface area contributed by atoms with Gasteiger partial charge < -0.3 is 29.9 Å². The van der Waals surface area contributed by atoms with Crippen LogP contribution in [0.25, 0.3) is 0 Å². The molecule has 44 heavy (non-hydrogen) atoms. The maximum atomic E-state index is 14.7. The van der Waals surface area contributed by atoms with Crippen molar-refractivity contribution < 1.29 is 44.3 Å². The van der Waals surface area contributed by atoms with Gasteiger partial charge in [-0.3, -0.25) is 9.59 Å². The molecule has 0 aromatic heterocycles. The third-order valence-corrected chi connectivity index (χ3v) is 11.1. The first-order chi connectivity index (χ1) is 20.9. The van der Waals surface area contributed by atoms with E-state index in [-0.39, 0.29) is 25.0 Å². The Balaban J connectivity index is 1.55. The van der Waals surface area contributed by atoms with Crippen molar-refractivity contribution in [3.63, 3.8) is 0 Å². The normalized spacial score (nSPS) is 38.8. The molecule has 0 radical (unpaired) electrons. The van der Waals surface area contributed by atoms with Crippen LogP contribution in [-0.2, 0) is 19.1 Å². The molecule has 4 aliphatic carbocycles. The third-order valence-electron chi connectivity index (χ3n) is 11.1. The molecule has 9 nitrogen and oxygen atoms in total. The lowest BCUT2D eigenvalue weighted by Gasteiger charge is -2.48. The summed E-state index contributed by atoms with van der Waals surface area (Å²) in [6.45, 7) is 6.53. The maximum absolute atomic E-state index is 14.7. The van der Waals surface area contributed by atoms with E-state index in [1.807, 2.05) is 6.92 Å². The molecule has 240 valence electrons. The lowest BCUT2D eigenvalue weighted by Crippen LogP contribution is -2.65. The zero-order chi connectivity index (χ0) is 32.1. The molecular weight excluding hydrogens is 564 g/mol. The maximum Gasteiger partial charge on any atom is 0.338 e. The third kappa shape index (κ3) is 4.61. The first-order valence-electron chi connectivity index (χ1n) is 15.9. The standard InChI is InChI=1S/C35H46O9/c1-5-6-7-8-12-15-26(37)44-34-18-22(3)33-17-21(2)28(38)35(33,42)29(39)24(19-36)16-25(30(33)40)27(34)32(34,4)20-43-31(41)23-13-10-9-11-14-23/h9-11,13-14,16-17,22,25,27-29,36,38-39,42H,5-8,12,15,18-20H2,1-4H3/t22-,25+,27-,28+,29-,32+,33+,34+,35-/m1/s1. The molecule has 2 bridgehead atoms. The summed E-state index contributed by atoms with van der Waals surface area (Å²) in [6, 6.07) is 8.53. The van der Waals surface area contributed by atoms with Crippen LogP contribution in [0.4, 0.5) is 0 Å². The van der Waals surface area contributed by atoms with Crippen molar-refractivity contribution in [3.05, 3.63) is 59.2 Å². The van der Waals surface area contributed by atoms with Crippen LogP contribution < -0.4 is 0 Å². The summed E-state index contributed by atoms with van der Waals surface area (Å²) in [5.74, 6) is -3.75. The molecule has 0 saturated heterocycles. The number of Topliss-reactive ketones (excluding diaryl/α,β-unsaturated/α-hetero) is 1. The van der Waals surface area contributed by atoms with Gasteiger partial charge in [0.2, 0.25) is 0 Å². The van der Waals surface area contributed by atoms with Crippen LogP contribution in [0.5, 0.6) is 0 Å². The zero-order valence-corrected chi connectivity index (χ0v) is 26.1. The van der Waals surface area contributed by atoms with Gasteiger partial charge in [-0.2, -0.15) is 0 Å². The van der Waals surface area contributed by atoms with Gasteiger partial charge >= 0.3 is 11.9 Å². The quantitative estimate of drug-likeness (QED) is 0.167. The van der Waals surface area contributed by atoms with Gasteiger partial charge in [0.1, 0.15) is 30.0 Å². The summed E-state index contributed by atoms with van der Waals surface area (Å²) >= 11 is 0. The van der Waals surface area contributed by atoms with Crippen molar-refractivity contribution in [1.29, 1.82) is 0 Å². The van der Waals surface area contributed by atoms with Gasteiger partial charge in [-0.15, -0.1) is 0 Å². The highest BCUT2D eigenvalue weighted by molar-refractivity contribution is 5.96. The molecule has 0 heterocycles. The van der Waals surface area contributed by atoms with Crippen molar-refractivity contribution in [3.8, 4) is 0 Å². The van der Waals surface area contributed by atoms with Crippen molar-refractivity contribution in [1.82, 2.24) is 0 Å².